The Morgan fingerprint density at radius 1 is 0.833 bits per heavy atom. The van der Waals surface area contributed by atoms with Crippen LogP contribution in [0.1, 0.15) is 19.8 Å². The summed E-state index contributed by atoms with van der Waals surface area (Å²) in [7, 11) is -0.408. The molecule has 0 aromatic heterocycles. The van der Waals surface area contributed by atoms with Crippen LogP contribution < -0.4 is 0 Å². The lowest BCUT2D eigenvalue weighted by atomic mass is 10.1. The molecule has 0 N–H and O–H groups in total. The fourth-order valence-electron chi connectivity index (χ4n) is 4.33. The lowest BCUT2D eigenvalue weighted by Crippen LogP contribution is -2.86. The van der Waals surface area contributed by atoms with Crippen LogP contribution in [-0.2, 0) is 18.1 Å². The number of Topliss-reactive ketones (excluding diaryl/α,β-unsaturated/α-hetero) is 1. The van der Waals surface area contributed by atoms with Crippen molar-refractivity contribution in [2.45, 2.75) is 65.1 Å². The second-order valence-corrected chi connectivity index (χ2v) is 43.7. The Morgan fingerprint density at radius 2 is 1.17 bits per heavy atom. The van der Waals surface area contributed by atoms with E-state index >= 15 is 0 Å². The molecule has 0 aromatic carbocycles. The molecule has 0 aliphatic rings. The maximum absolute atomic E-state index is 12.0. The van der Waals surface area contributed by atoms with Gasteiger partial charge in [0.25, 0.3) is 0 Å². The molecule has 0 aromatic rings. The second kappa shape index (κ2) is 8.70. The van der Waals surface area contributed by atoms with Crippen LogP contribution in [0.3, 0.4) is 0 Å². The molecular weight excluding hydrogens is 369 g/mol. The summed E-state index contributed by atoms with van der Waals surface area (Å²) in [5.41, 5.74) is 0.650. The average molecular weight is 407 g/mol. The van der Waals surface area contributed by atoms with Crippen LogP contribution in [0.5, 0.6) is 0 Å². The van der Waals surface area contributed by atoms with Crippen LogP contribution in [-0.4, -0.2) is 57.2 Å². The highest BCUT2D eigenvalue weighted by Crippen LogP contribution is 2.42. The number of hydrogen-bond donors (Lipinski definition) is 0. The molecule has 0 rings (SSSR count). The van der Waals surface area contributed by atoms with Crippen molar-refractivity contribution in [1.82, 2.24) is 0 Å². The van der Waals surface area contributed by atoms with Gasteiger partial charge in [-0.2, -0.15) is 0 Å². The van der Waals surface area contributed by atoms with Gasteiger partial charge in [0.05, 0.1) is 0 Å². The molecule has 24 heavy (non-hydrogen) atoms. The first-order valence-electron chi connectivity index (χ1n) is 8.60. The Bertz CT molecular complexity index is 420. The highest BCUT2D eigenvalue weighted by molar-refractivity contribution is 7.87. The maximum atomic E-state index is 12.0. The minimum Gasteiger partial charge on any atom is -0.423 e. The quantitative estimate of drug-likeness (QED) is 0.382. The smallest absolute Gasteiger partial charge is 0.174 e. The van der Waals surface area contributed by atoms with Gasteiger partial charge in [-0.25, -0.2) is 0 Å². The summed E-state index contributed by atoms with van der Waals surface area (Å²) < 4.78 is 18.6. The van der Waals surface area contributed by atoms with Gasteiger partial charge in [0.2, 0.25) is 0 Å². The number of rotatable bonds is 11. The summed E-state index contributed by atoms with van der Waals surface area (Å²) in [5, 5.41) is 0. The molecule has 0 saturated carbocycles. The molecule has 0 amide bonds. The molecule has 0 aliphatic heterocycles. The molecule has 0 fully saturated rings. The third-order valence-corrected chi connectivity index (χ3v) is 71.5. The van der Waals surface area contributed by atoms with E-state index in [0.29, 0.717) is 12.0 Å². The van der Waals surface area contributed by atoms with E-state index in [1.165, 1.54) is 0 Å². The van der Waals surface area contributed by atoms with Crippen LogP contribution in [0.2, 0.25) is 45.3 Å². The van der Waals surface area contributed by atoms with Gasteiger partial charge in [0, 0.05) is 27.8 Å². The van der Waals surface area contributed by atoms with E-state index < -0.39 is 30.1 Å². The van der Waals surface area contributed by atoms with E-state index in [1.807, 2.05) is 21.3 Å². The van der Waals surface area contributed by atoms with Crippen LogP contribution >= 0.6 is 0 Å². The Labute approximate surface area is 152 Å². The van der Waals surface area contributed by atoms with Gasteiger partial charge in [-0.1, -0.05) is 12.6 Å². The highest BCUT2D eigenvalue weighted by atomic mass is 29.9. The standard InChI is InChI=1S/C16H38O4Si4/c1-15(2)16(17)13-12-14-24(21(6,7)18-3,22(8,9)19-4)23(10,11)20-5/h1,12-14H2,2-11H3. The van der Waals surface area contributed by atoms with Crippen LogP contribution in [0.4, 0.5) is 0 Å². The lowest BCUT2D eigenvalue weighted by Gasteiger charge is -2.56. The molecule has 8 heteroatoms. The molecule has 0 radical (unpaired) electrons. The molecule has 0 heterocycles. The number of carbonyl (C=O) groups is 1. The lowest BCUT2D eigenvalue weighted by molar-refractivity contribution is -0.115. The summed E-state index contributed by atoms with van der Waals surface area (Å²) in [6, 6.07) is 1.05. The number of allylic oxidation sites excluding steroid dienone is 1. The first kappa shape index (κ1) is 24.2. The number of hydrogen-bond acceptors (Lipinski definition) is 4. The fourth-order valence-corrected chi connectivity index (χ4v) is 80.1. The monoisotopic (exact) mass is 406 g/mol. The van der Waals surface area contributed by atoms with Gasteiger partial charge < -0.3 is 13.3 Å². The SMILES string of the molecule is C=C(C)C(=O)CCC[Si]([Si](C)(C)OC)([Si](C)(C)OC)[Si](C)(C)OC. The van der Waals surface area contributed by atoms with Crippen molar-refractivity contribution in [3.63, 3.8) is 0 Å². The normalized spacial score (nSPS) is 13.9. The molecular formula is C16H38O4Si4. The number of carbonyl (C=O) groups excluding carboxylic acids is 1. The van der Waals surface area contributed by atoms with E-state index in [2.05, 4.69) is 45.9 Å². The van der Waals surface area contributed by atoms with Crippen molar-refractivity contribution in [3.05, 3.63) is 12.2 Å². The first-order valence-corrected chi connectivity index (χ1v) is 22.5. The van der Waals surface area contributed by atoms with Crippen molar-refractivity contribution < 1.29 is 18.1 Å². The Kier molecular flexibility index (Phi) is 8.75. The Hall–Kier alpha value is 0.158. The predicted octanol–water partition coefficient (Wildman–Crippen LogP) is 4.15. The first-order chi connectivity index (χ1) is 10.8. The van der Waals surface area contributed by atoms with Crippen molar-refractivity contribution in [2.75, 3.05) is 21.3 Å². The fraction of sp³-hybridized carbons (Fsp3) is 0.812. The highest BCUT2D eigenvalue weighted by Gasteiger charge is 2.69. The Morgan fingerprint density at radius 3 is 1.42 bits per heavy atom. The van der Waals surface area contributed by atoms with Crippen molar-refractivity contribution in [1.29, 1.82) is 0 Å². The average Bonchev–Trinajstić information content (AvgIpc) is 2.50. The summed E-state index contributed by atoms with van der Waals surface area (Å²) >= 11 is 0. The van der Waals surface area contributed by atoms with Crippen LogP contribution in [0.15, 0.2) is 12.2 Å². The number of ketones is 1. The van der Waals surface area contributed by atoms with Gasteiger partial charge in [0.15, 0.2) is 29.3 Å². The van der Waals surface area contributed by atoms with E-state index in [9.17, 15) is 4.79 Å². The molecule has 0 bridgehead atoms. The molecule has 0 saturated heterocycles. The summed E-state index contributed by atoms with van der Waals surface area (Å²) in [5.74, 6) is 0.170. The molecule has 0 unspecified atom stereocenters. The Balaban J connectivity index is 6.04. The van der Waals surface area contributed by atoms with Gasteiger partial charge in [-0.15, -0.1) is 0 Å². The van der Waals surface area contributed by atoms with E-state index in [0.717, 1.165) is 12.5 Å². The van der Waals surface area contributed by atoms with Gasteiger partial charge >= 0.3 is 0 Å². The van der Waals surface area contributed by atoms with Gasteiger partial charge in [0.1, 0.15) is 6.63 Å². The van der Waals surface area contributed by atoms with Gasteiger partial charge in [-0.05, 0) is 58.2 Å². The zero-order valence-electron chi connectivity index (χ0n) is 17.5. The molecule has 0 aliphatic carbocycles. The zero-order chi connectivity index (χ0) is 19.4. The topological polar surface area (TPSA) is 44.8 Å². The summed E-state index contributed by atoms with van der Waals surface area (Å²) in [6.07, 6.45) is 1.46. The summed E-state index contributed by atoms with van der Waals surface area (Å²) in [6.45, 7) is 17.6. The third-order valence-electron chi connectivity index (χ3n) is 6.05. The van der Waals surface area contributed by atoms with E-state index in [-0.39, 0.29) is 5.78 Å². The minimum absolute atomic E-state index is 0.170. The molecule has 0 atom stereocenters. The minimum atomic E-state index is -2.01. The molecule has 0 spiro atoms. The van der Waals surface area contributed by atoms with Crippen molar-refractivity contribution >= 4 is 35.9 Å². The van der Waals surface area contributed by atoms with E-state index in [1.54, 1.807) is 6.92 Å². The zero-order valence-corrected chi connectivity index (χ0v) is 21.5. The third kappa shape index (κ3) is 4.46. The molecule has 4 nitrogen and oxygen atoms in total. The summed E-state index contributed by atoms with van der Waals surface area (Å²) in [4.78, 5) is 12.0. The van der Waals surface area contributed by atoms with Crippen LogP contribution in [0, 0.1) is 0 Å². The second-order valence-electron chi connectivity index (χ2n) is 8.11. The predicted molar refractivity (Wildman–Crippen MR) is 113 cm³/mol. The molecule has 142 valence electrons. The van der Waals surface area contributed by atoms with Gasteiger partial charge in [-0.3, -0.25) is 4.79 Å². The largest absolute Gasteiger partial charge is 0.423 e. The van der Waals surface area contributed by atoms with Crippen molar-refractivity contribution in [3.8, 4) is 0 Å². The maximum Gasteiger partial charge on any atom is 0.174 e. The van der Waals surface area contributed by atoms with Crippen LogP contribution in [0.25, 0.3) is 0 Å². The van der Waals surface area contributed by atoms with Crippen molar-refractivity contribution in [2.24, 2.45) is 0 Å². The van der Waals surface area contributed by atoms with E-state index in [4.69, 9.17) is 13.3 Å².